The van der Waals surface area contributed by atoms with Crippen LogP contribution in [0.25, 0.3) is 0 Å². The summed E-state index contributed by atoms with van der Waals surface area (Å²) in [5.41, 5.74) is 2.57. The fourth-order valence-corrected chi connectivity index (χ4v) is 5.02. The largest absolute Gasteiger partial charge is 0.434 e. The molecule has 1 amide bonds. The minimum Gasteiger partial charge on any atom is -0.434 e. The van der Waals surface area contributed by atoms with Gasteiger partial charge in [0.1, 0.15) is 12.1 Å². The van der Waals surface area contributed by atoms with Crippen LogP contribution in [-0.4, -0.2) is 56.0 Å². The predicted molar refractivity (Wildman–Crippen MR) is 135 cm³/mol. The summed E-state index contributed by atoms with van der Waals surface area (Å²) in [6, 6.07) is 26.3. The Balaban J connectivity index is 1.48. The average molecular weight is 471 g/mol. The zero-order chi connectivity index (χ0) is 24.4. The van der Waals surface area contributed by atoms with E-state index in [9.17, 15) is 9.59 Å². The number of piperazine rings is 1. The fraction of sp³-hybridized carbons (Fsp3) is 0.286. The number of fused-ring (bicyclic) bond motifs is 1. The zero-order valence-electron chi connectivity index (χ0n) is 20.0. The van der Waals surface area contributed by atoms with Crippen LogP contribution >= 0.6 is 0 Å². The molecule has 2 atom stereocenters. The summed E-state index contributed by atoms with van der Waals surface area (Å²) < 4.78 is 6.21. The minimum absolute atomic E-state index is 0.145. The molecule has 2 N–H and O–H groups in total. The van der Waals surface area contributed by atoms with Gasteiger partial charge in [0.15, 0.2) is 0 Å². The summed E-state index contributed by atoms with van der Waals surface area (Å²) in [5.74, 6) is -0.476. The van der Waals surface area contributed by atoms with Crippen LogP contribution in [-0.2, 0) is 26.6 Å². The van der Waals surface area contributed by atoms with Gasteiger partial charge in [0.25, 0.3) is 0 Å². The second-order valence-electron chi connectivity index (χ2n) is 9.17. The number of cyclic esters (lactones) is 1. The van der Waals surface area contributed by atoms with Crippen molar-refractivity contribution in [2.24, 2.45) is 0 Å². The van der Waals surface area contributed by atoms with E-state index in [1.165, 1.54) is 0 Å². The van der Waals surface area contributed by atoms with Gasteiger partial charge in [0, 0.05) is 50.5 Å². The van der Waals surface area contributed by atoms with E-state index in [2.05, 4.69) is 10.6 Å². The number of hydrogen-bond acceptors (Lipinski definition) is 6. The number of carbonyl (C=O) groups is 2. The molecule has 0 saturated carbocycles. The molecule has 2 saturated heterocycles. The van der Waals surface area contributed by atoms with Crippen LogP contribution in [0, 0.1) is 0 Å². The molecule has 3 aromatic carbocycles. The summed E-state index contributed by atoms with van der Waals surface area (Å²) in [7, 11) is 3.99. The Labute approximate surface area is 205 Å². The Morgan fingerprint density at radius 1 is 0.971 bits per heavy atom. The van der Waals surface area contributed by atoms with Gasteiger partial charge in [-0.2, -0.15) is 0 Å². The van der Waals surface area contributed by atoms with Gasteiger partial charge < -0.3 is 20.3 Å². The Hall–Kier alpha value is -3.68. The minimum atomic E-state index is -1.18. The highest BCUT2D eigenvalue weighted by molar-refractivity contribution is 5.86. The number of esters is 1. The Morgan fingerprint density at radius 2 is 1.57 bits per heavy atom. The van der Waals surface area contributed by atoms with Crippen molar-refractivity contribution in [1.82, 2.24) is 15.5 Å². The molecule has 7 nitrogen and oxygen atoms in total. The van der Waals surface area contributed by atoms with Crippen LogP contribution in [0.4, 0.5) is 5.69 Å². The quantitative estimate of drug-likeness (QED) is 0.540. The first-order chi connectivity index (χ1) is 17.0. The van der Waals surface area contributed by atoms with Crippen LogP contribution < -0.4 is 15.5 Å². The molecule has 0 aliphatic carbocycles. The maximum absolute atomic E-state index is 13.6. The molecule has 7 heteroatoms. The van der Waals surface area contributed by atoms with Gasteiger partial charge in [0.2, 0.25) is 11.6 Å². The van der Waals surface area contributed by atoms with E-state index in [1.54, 1.807) is 0 Å². The van der Waals surface area contributed by atoms with Gasteiger partial charge in [-0.05, 0) is 17.7 Å². The molecule has 2 aliphatic rings. The number of hydrogen-bond donors (Lipinski definition) is 2. The first kappa shape index (κ1) is 23.1. The van der Waals surface area contributed by atoms with E-state index in [0.29, 0.717) is 19.6 Å². The second-order valence-corrected chi connectivity index (χ2v) is 9.17. The molecule has 2 heterocycles. The summed E-state index contributed by atoms with van der Waals surface area (Å²) in [5, 5.41) is 6.35. The van der Waals surface area contributed by atoms with Crippen molar-refractivity contribution in [3.8, 4) is 0 Å². The van der Waals surface area contributed by atoms with E-state index in [0.717, 1.165) is 22.4 Å². The Bertz CT molecular complexity index is 1140. The lowest BCUT2D eigenvalue weighted by molar-refractivity contribution is -0.153. The molecule has 0 spiro atoms. The summed E-state index contributed by atoms with van der Waals surface area (Å²) in [6.45, 7) is 1.25. The van der Waals surface area contributed by atoms with Crippen molar-refractivity contribution in [3.05, 3.63) is 102 Å². The molecule has 2 aliphatic heterocycles. The Morgan fingerprint density at radius 3 is 2.14 bits per heavy atom. The Kier molecular flexibility index (Phi) is 6.28. The van der Waals surface area contributed by atoms with Crippen molar-refractivity contribution in [3.63, 3.8) is 0 Å². The molecule has 180 valence electrons. The fourth-order valence-electron chi connectivity index (χ4n) is 5.02. The van der Waals surface area contributed by atoms with E-state index in [-0.39, 0.29) is 11.9 Å². The molecule has 0 bridgehead atoms. The van der Waals surface area contributed by atoms with Crippen LogP contribution in [0.15, 0.2) is 84.9 Å². The molecular formula is C28H30N4O3. The number of ether oxygens (including phenoxy) is 1. The lowest BCUT2D eigenvalue weighted by Gasteiger charge is -2.44. The van der Waals surface area contributed by atoms with Crippen molar-refractivity contribution < 1.29 is 14.3 Å². The van der Waals surface area contributed by atoms with E-state index in [4.69, 9.17) is 4.74 Å². The van der Waals surface area contributed by atoms with Gasteiger partial charge in [-0.15, -0.1) is 0 Å². The monoisotopic (exact) mass is 470 g/mol. The molecule has 5 rings (SSSR count). The van der Waals surface area contributed by atoms with Crippen molar-refractivity contribution in [2.75, 3.05) is 32.1 Å². The molecule has 0 radical (unpaired) electrons. The summed E-state index contributed by atoms with van der Waals surface area (Å²) in [4.78, 5) is 30.7. The van der Waals surface area contributed by atoms with Gasteiger partial charge in [-0.25, -0.2) is 4.90 Å². The number of nitrogens with zero attached hydrogens (tertiary/aromatic N) is 2. The lowest BCUT2D eigenvalue weighted by Crippen LogP contribution is -2.65. The third-order valence-corrected chi connectivity index (χ3v) is 6.78. The van der Waals surface area contributed by atoms with Gasteiger partial charge in [0.05, 0.1) is 0 Å². The summed E-state index contributed by atoms with van der Waals surface area (Å²) in [6.07, 6.45) is 0. The van der Waals surface area contributed by atoms with Crippen LogP contribution in [0.2, 0.25) is 0 Å². The SMILES string of the molecule is CN(C)c1ccc(CNC(=O)C2CNCC3C(=O)OC(c4ccccc4)(c4ccccc4)N23)cc1. The smallest absolute Gasteiger partial charge is 0.327 e. The predicted octanol–water partition coefficient (Wildman–Crippen LogP) is 2.47. The number of benzene rings is 3. The molecule has 0 aromatic heterocycles. The maximum Gasteiger partial charge on any atom is 0.327 e. The summed E-state index contributed by atoms with van der Waals surface area (Å²) >= 11 is 0. The maximum atomic E-state index is 13.6. The normalized spacial score (nSPS) is 21.1. The highest BCUT2D eigenvalue weighted by Gasteiger charge is 2.60. The lowest BCUT2D eigenvalue weighted by atomic mass is 9.90. The third-order valence-electron chi connectivity index (χ3n) is 6.78. The highest BCUT2D eigenvalue weighted by atomic mass is 16.6. The van der Waals surface area contributed by atoms with Crippen molar-refractivity contribution >= 4 is 17.6 Å². The average Bonchev–Trinajstić information content (AvgIpc) is 3.22. The van der Waals surface area contributed by atoms with Crippen LogP contribution in [0.5, 0.6) is 0 Å². The first-order valence-electron chi connectivity index (χ1n) is 11.9. The zero-order valence-corrected chi connectivity index (χ0v) is 20.0. The standard InChI is InChI=1S/C28H30N4O3/c1-31(2)23-15-13-20(14-16-23)17-30-26(33)24-18-29-19-25-27(34)35-28(32(24)25,21-9-5-3-6-10-21)22-11-7-4-8-12-22/h3-16,24-25,29H,17-19H2,1-2H3,(H,30,33). The highest BCUT2D eigenvalue weighted by Crippen LogP contribution is 2.45. The van der Waals surface area contributed by atoms with Gasteiger partial charge >= 0.3 is 5.97 Å². The number of rotatable bonds is 6. The van der Waals surface area contributed by atoms with Crippen molar-refractivity contribution in [1.29, 1.82) is 0 Å². The molecule has 2 fully saturated rings. The second kappa shape index (κ2) is 9.52. The molecule has 2 unspecified atom stereocenters. The van der Waals surface area contributed by atoms with Crippen molar-refractivity contribution in [2.45, 2.75) is 24.4 Å². The van der Waals surface area contributed by atoms with Gasteiger partial charge in [-0.1, -0.05) is 72.8 Å². The van der Waals surface area contributed by atoms with E-state index in [1.807, 2.05) is 109 Å². The molecule has 35 heavy (non-hydrogen) atoms. The van der Waals surface area contributed by atoms with Gasteiger partial charge in [-0.3, -0.25) is 9.59 Å². The first-order valence-corrected chi connectivity index (χ1v) is 11.9. The van der Waals surface area contributed by atoms with Crippen LogP contribution in [0.1, 0.15) is 16.7 Å². The number of anilines is 1. The number of amides is 1. The molecular weight excluding hydrogens is 440 g/mol. The molecule has 3 aromatic rings. The third kappa shape index (κ3) is 4.17. The van der Waals surface area contributed by atoms with E-state index < -0.39 is 17.8 Å². The topological polar surface area (TPSA) is 73.9 Å². The van der Waals surface area contributed by atoms with E-state index >= 15 is 0 Å². The number of carbonyl (C=O) groups excluding carboxylic acids is 2. The number of nitrogens with one attached hydrogen (secondary N) is 2. The van der Waals surface area contributed by atoms with Crippen LogP contribution in [0.3, 0.4) is 0 Å².